The quantitative estimate of drug-likeness (QED) is 0.528. The molecule has 3 aliphatic carbocycles. The van der Waals surface area contributed by atoms with Crippen LogP contribution >= 0.6 is 0 Å². The summed E-state index contributed by atoms with van der Waals surface area (Å²) >= 11 is 0. The molecule has 0 amide bonds. The molecule has 6 atom stereocenters. The normalized spacial score (nSPS) is 37.9. The van der Waals surface area contributed by atoms with Crippen molar-refractivity contribution in [2.24, 2.45) is 29.1 Å². The van der Waals surface area contributed by atoms with Gasteiger partial charge in [-0.05, 0) is 98.9 Å². The minimum Gasteiger partial charge on any atom is -0.393 e. The molecule has 0 aromatic carbocycles. The van der Waals surface area contributed by atoms with Crippen LogP contribution in [0.4, 0.5) is 0 Å². The summed E-state index contributed by atoms with van der Waals surface area (Å²) in [5, 5.41) is 20.3. The van der Waals surface area contributed by atoms with Gasteiger partial charge in [-0.15, -0.1) is 0 Å². The van der Waals surface area contributed by atoms with Gasteiger partial charge in [-0.2, -0.15) is 0 Å². The molecule has 0 radical (unpaired) electrons. The van der Waals surface area contributed by atoms with Crippen LogP contribution in [0.5, 0.6) is 0 Å². The van der Waals surface area contributed by atoms with Gasteiger partial charge in [0.25, 0.3) is 0 Å². The Balaban J connectivity index is 1.70. The van der Waals surface area contributed by atoms with Gasteiger partial charge in [0, 0.05) is 0 Å². The van der Waals surface area contributed by atoms with E-state index in [4.69, 9.17) is 0 Å². The maximum atomic E-state index is 10.3. The minimum absolute atomic E-state index is 0.158. The zero-order valence-corrected chi connectivity index (χ0v) is 19.3. The van der Waals surface area contributed by atoms with Gasteiger partial charge >= 0.3 is 0 Å². The van der Waals surface area contributed by atoms with Crippen LogP contribution in [0.3, 0.4) is 0 Å². The summed E-state index contributed by atoms with van der Waals surface area (Å²) in [4.78, 5) is 0. The topological polar surface area (TPSA) is 40.5 Å². The van der Waals surface area contributed by atoms with Crippen molar-refractivity contribution < 1.29 is 10.2 Å². The summed E-state index contributed by atoms with van der Waals surface area (Å²) in [5.74, 6) is 2.52. The maximum Gasteiger partial charge on any atom is 0.0583 e. The lowest BCUT2D eigenvalue weighted by Crippen LogP contribution is -2.36. The predicted molar refractivity (Wildman–Crippen MR) is 123 cm³/mol. The fourth-order valence-corrected chi connectivity index (χ4v) is 6.58. The molecule has 164 valence electrons. The van der Waals surface area contributed by atoms with Crippen molar-refractivity contribution in [2.75, 3.05) is 0 Å². The number of aliphatic hydroxyl groups is 2. The third-order valence-corrected chi connectivity index (χ3v) is 8.60. The van der Waals surface area contributed by atoms with Crippen molar-refractivity contribution >= 4 is 0 Å². The molecule has 29 heavy (non-hydrogen) atoms. The summed E-state index contributed by atoms with van der Waals surface area (Å²) in [6.45, 7) is 13.4. The Morgan fingerprint density at radius 3 is 2.59 bits per heavy atom. The van der Waals surface area contributed by atoms with Crippen LogP contribution in [0, 0.1) is 29.1 Å². The van der Waals surface area contributed by atoms with E-state index in [1.165, 1.54) is 43.3 Å². The zero-order valence-electron chi connectivity index (χ0n) is 19.3. The lowest BCUT2D eigenvalue weighted by molar-refractivity contribution is 0.0717. The van der Waals surface area contributed by atoms with Crippen LogP contribution < -0.4 is 0 Å². The number of hydrogen-bond acceptors (Lipinski definition) is 2. The molecule has 0 bridgehead atoms. The van der Waals surface area contributed by atoms with E-state index in [9.17, 15) is 10.2 Å². The van der Waals surface area contributed by atoms with Crippen LogP contribution in [0.15, 0.2) is 35.5 Å². The maximum absolute atomic E-state index is 10.3. The largest absolute Gasteiger partial charge is 0.393 e. The van der Waals surface area contributed by atoms with E-state index in [-0.39, 0.29) is 12.2 Å². The first-order valence-corrected chi connectivity index (χ1v) is 12.2. The minimum atomic E-state index is -0.195. The van der Waals surface area contributed by atoms with Crippen molar-refractivity contribution in [3.8, 4) is 0 Å². The second-order valence-electron chi connectivity index (χ2n) is 10.9. The van der Waals surface area contributed by atoms with Crippen LogP contribution in [0.2, 0.25) is 0 Å². The molecule has 3 rings (SSSR count). The van der Waals surface area contributed by atoms with Gasteiger partial charge in [-0.1, -0.05) is 57.6 Å². The SMILES string of the molecule is C=C1CC[C@H](O)C/C1=C\C=C1/CCC[C@]2(C)[C@@H]([C@H](C)CC[C@H](O)C(C)C)CC[C@@H]12. The highest BCUT2D eigenvalue weighted by Crippen LogP contribution is 2.59. The number of aliphatic hydroxyl groups excluding tert-OH is 2. The molecular weight excluding hydrogens is 356 g/mol. The number of rotatable bonds is 6. The Hall–Kier alpha value is -0.860. The molecule has 3 saturated carbocycles. The molecule has 0 aromatic rings. The fourth-order valence-electron chi connectivity index (χ4n) is 6.58. The molecule has 0 aromatic heterocycles. The highest BCUT2D eigenvalue weighted by Gasteiger charge is 2.50. The van der Waals surface area contributed by atoms with E-state index in [2.05, 4.69) is 46.4 Å². The predicted octanol–water partition coefficient (Wildman–Crippen LogP) is 6.59. The lowest BCUT2D eigenvalue weighted by Gasteiger charge is -2.44. The molecule has 3 aliphatic rings. The monoisotopic (exact) mass is 400 g/mol. The molecule has 0 spiro atoms. The van der Waals surface area contributed by atoms with Crippen molar-refractivity contribution in [2.45, 2.75) is 104 Å². The summed E-state index contributed by atoms with van der Waals surface area (Å²) < 4.78 is 0. The fraction of sp³-hybridized carbons (Fsp3) is 0.778. The molecule has 0 saturated heterocycles. The van der Waals surface area contributed by atoms with Crippen molar-refractivity contribution in [1.29, 1.82) is 0 Å². The number of allylic oxidation sites excluding steroid dienone is 4. The molecule has 0 unspecified atom stereocenters. The van der Waals surface area contributed by atoms with Gasteiger partial charge in [0.2, 0.25) is 0 Å². The number of hydrogen-bond donors (Lipinski definition) is 2. The molecule has 2 heteroatoms. The van der Waals surface area contributed by atoms with Gasteiger partial charge in [0.05, 0.1) is 12.2 Å². The molecule has 0 aliphatic heterocycles. The summed E-state index contributed by atoms with van der Waals surface area (Å²) in [6, 6.07) is 0. The summed E-state index contributed by atoms with van der Waals surface area (Å²) in [6.07, 6.45) is 15.5. The van der Waals surface area contributed by atoms with Crippen LogP contribution in [0.1, 0.15) is 91.9 Å². The van der Waals surface area contributed by atoms with Crippen molar-refractivity contribution in [1.82, 2.24) is 0 Å². The first kappa shape index (κ1) is 22.8. The van der Waals surface area contributed by atoms with E-state index >= 15 is 0 Å². The Kier molecular flexibility index (Phi) is 7.49. The standard InChI is InChI=1S/C27H44O2/c1-18(2)26(29)15-9-20(4)24-13-14-25-21(7-6-16-27(24,25)5)10-11-22-17-23(28)12-8-19(22)3/h10-11,18,20,23-26,28-29H,3,6-9,12-17H2,1-2,4-5H3/b21-10+,22-11+/t20-,23+,24-,25+,26+,27-/m1/s1. The summed E-state index contributed by atoms with van der Waals surface area (Å²) in [5.41, 5.74) is 4.52. The zero-order chi connectivity index (χ0) is 21.2. The Bertz CT molecular complexity index is 643. The average Bonchev–Trinajstić information content (AvgIpc) is 3.04. The Morgan fingerprint density at radius 2 is 1.86 bits per heavy atom. The van der Waals surface area contributed by atoms with Crippen LogP contribution in [-0.2, 0) is 0 Å². The Labute approximate surface area is 179 Å². The van der Waals surface area contributed by atoms with Gasteiger partial charge in [-0.3, -0.25) is 0 Å². The second-order valence-corrected chi connectivity index (χ2v) is 10.9. The summed E-state index contributed by atoms with van der Waals surface area (Å²) in [7, 11) is 0. The molecule has 2 N–H and O–H groups in total. The Morgan fingerprint density at radius 1 is 1.10 bits per heavy atom. The first-order valence-electron chi connectivity index (χ1n) is 12.2. The van der Waals surface area contributed by atoms with Gasteiger partial charge < -0.3 is 10.2 Å². The van der Waals surface area contributed by atoms with E-state index in [0.717, 1.165) is 38.0 Å². The third-order valence-electron chi connectivity index (χ3n) is 8.60. The first-order chi connectivity index (χ1) is 13.7. The van der Waals surface area contributed by atoms with Gasteiger partial charge in [-0.25, -0.2) is 0 Å². The molecular formula is C27H44O2. The molecule has 0 heterocycles. The van der Waals surface area contributed by atoms with E-state index in [1.54, 1.807) is 5.57 Å². The lowest BCUT2D eigenvalue weighted by atomic mass is 9.60. The van der Waals surface area contributed by atoms with Crippen molar-refractivity contribution in [3.05, 3.63) is 35.5 Å². The molecule has 2 nitrogen and oxygen atoms in total. The average molecular weight is 401 g/mol. The van der Waals surface area contributed by atoms with Crippen LogP contribution in [0.25, 0.3) is 0 Å². The van der Waals surface area contributed by atoms with E-state index in [1.807, 2.05) is 0 Å². The smallest absolute Gasteiger partial charge is 0.0583 e. The van der Waals surface area contributed by atoms with E-state index < -0.39 is 0 Å². The van der Waals surface area contributed by atoms with Crippen LogP contribution in [-0.4, -0.2) is 22.4 Å². The second kappa shape index (κ2) is 9.52. The highest BCUT2D eigenvalue weighted by molar-refractivity contribution is 5.36. The van der Waals surface area contributed by atoms with E-state index in [0.29, 0.717) is 23.2 Å². The number of fused-ring (bicyclic) bond motifs is 1. The molecule has 3 fully saturated rings. The highest BCUT2D eigenvalue weighted by atomic mass is 16.3. The van der Waals surface area contributed by atoms with Crippen molar-refractivity contribution in [3.63, 3.8) is 0 Å². The van der Waals surface area contributed by atoms with Gasteiger partial charge in [0.1, 0.15) is 0 Å². The van der Waals surface area contributed by atoms with Gasteiger partial charge in [0.15, 0.2) is 0 Å². The third kappa shape index (κ3) is 5.07.